The third-order valence-electron chi connectivity index (χ3n) is 4.64. The van der Waals surface area contributed by atoms with Gasteiger partial charge in [-0.25, -0.2) is 4.98 Å². The summed E-state index contributed by atoms with van der Waals surface area (Å²) in [7, 11) is 3.41. The number of carbonyl (C=O) groups is 1. The van der Waals surface area contributed by atoms with E-state index in [1.165, 1.54) is 0 Å². The van der Waals surface area contributed by atoms with Crippen molar-refractivity contribution in [1.82, 2.24) is 14.8 Å². The molecule has 0 aliphatic carbocycles. The standard InChI is InChI=1S/C22H20N4O2/c1-14-20-16(22(27)24-17-11-7-8-12-19(17)28-3)13-18(15-9-5-4-6-10-15)23-21(20)26(2)25-14/h4-13H,1-3H3,(H,24,27). The van der Waals surface area contributed by atoms with Crippen LogP contribution in [0.2, 0.25) is 0 Å². The number of carbonyl (C=O) groups excluding carboxylic acids is 1. The first-order valence-electron chi connectivity index (χ1n) is 8.92. The van der Waals surface area contributed by atoms with Gasteiger partial charge in [0, 0.05) is 12.6 Å². The lowest BCUT2D eigenvalue weighted by Crippen LogP contribution is -2.14. The van der Waals surface area contributed by atoms with Crippen LogP contribution in [-0.2, 0) is 7.05 Å². The molecule has 2 heterocycles. The van der Waals surface area contributed by atoms with Gasteiger partial charge in [0.25, 0.3) is 5.91 Å². The number of pyridine rings is 1. The Morgan fingerprint density at radius 3 is 2.54 bits per heavy atom. The van der Waals surface area contributed by atoms with E-state index in [9.17, 15) is 4.79 Å². The van der Waals surface area contributed by atoms with E-state index >= 15 is 0 Å². The summed E-state index contributed by atoms with van der Waals surface area (Å²) in [6.07, 6.45) is 0. The molecule has 6 heteroatoms. The number of methoxy groups -OCH3 is 1. The average Bonchev–Trinajstić information content (AvgIpc) is 3.02. The van der Waals surface area contributed by atoms with Gasteiger partial charge in [-0.2, -0.15) is 5.10 Å². The second-order valence-electron chi connectivity index (χ2n) is 6.48. The lowest BCUT2D eigenvalue weighted by Gasteiger charge is -2.12. The first-order valence-corrected chi connectivity index (χ1v) is 8.92. The number of hydrogen-bond donors (Lipinski definition) is 1. The largest absolute Gasteiger partial charge is 0.495 e. The number of rotatable bonds is 4. The molecular formula is C22H20N4O2. The third-order valence-corrected chi connectivity index (χ3v) is 4.64. The number of nitrogens with zero attached hydrogens (tertiary/aromatic N) is 3. The van der Waals surface area contributed by atoms with Crippen LogP contribution in [0.15, 0.2) is 60.7 Å². The van der Waals surface area contributed by atoms with E-state index in [0.717, 1.165) is 22.3 Å². The quantitative estimate of drug-likeness (QED) is 0.583. The lowest BCUT2D eigenvalue weighted by atomic mass is 10.0. The maximum Gasteiger partial charge on any atom is 0.256 e. The molecular weight excluding hydrogens is 352 g/mol. The van der Waals surface area contributed by atoms with Gasteiger partial charge in [0.2, 0.25) is 0 Å². The van der Waals surface area contributed by atoms with Gasteiger partial charge >= 0.3 is 0 Å². The summed E-state index contributed by atoms with van der Waals surface area (Å²) in [6, 6.07) is 18.9. The van der Waals surface area contributed by atoms with Crippen molar-refractivity contribution in [3.8, 4) is 17.0 Å². The Bertz CT molecular complexity index is 1170. The van der Waals surface area contributed by atoms with Crippen LogP contribution in [0.5, 0.6) is 5.75 Å². The van der Waals surface area contributed by atoms with Gasteiger partial charge in [0.05, 0.1) is 35.1 Å². The van der Waals surface area contributed by atoms with E-state index < -0.39 is 0 Å². The van der Waals surface area contributed by atoms with Crippen LogP contribution >= 0.6 is 0 Å². The molecule has 28 heavy (non-hydrogen) atoms. The summed E-state index contributed by atoms with van der Waals surface area (Å²) < 4.78 is 7.05. The van der Waals surface area contributed by atoms with Gasteiger partial charge < -0.3 is 10.1 Å². The number of ether oxygens (including phenoxy) is 1. The van der Waals surface area contributed by atoms with Gasteiger partial charge in [0.15, 0.2) is 5.65 Å². The summed E-state index contributed by atoms with van der Waals surface area (Å²) in [6.45, 7) is 1.88. The fraction of sp³-hybridized carbons (Fsp3) is 0.136. The Morgan fingerprint density at radius 1 is 1.07 bits per heavy atom. The van der Waals surface area contributed by atoms with Crippen molar-refractivity contribution in [2.24, 2.45) is 7.05 Å². The molecule has 0 bridgehead atoms. The second kappa shape index (κ2) is 7.15. The van der Waals surface area contributed by atoms with Crippen LogP contribution in [0.25, 0.3) is 22.3 Å². The zero-order valence-electron chi connectivity index (χ0n) is 15.9. The Kier molecular flexibility index (Phi) is 4.53. The zero-order chi connectivity index (χ0) is 19.7. The Morgan fingerprint density at radius 2 is 1.79 bits per heavy atom. The predicted octanol–water partition coefficient (Wildman–Crippen LogP) is 4.20. The van der Waals surface area contributed by atoms with Crippen molar-refractivity contribution in [1.29, 1.82) is 0 Å². The summed E-state index contributed by atoms with van der Waals surface area (Å²) in [5.74, 6) is 0.373. The molecule has 0 radical (unpaired) electrons. The Labute approximate surface area is 162 Å². The van der Waals surface area contributed by atoms with Crippen molar-refractivity contribution in [3.63, 3.8) is 0 Å². The maximum absolute atomic E-state index is 13.2. The van der Waals surface area contributed by atoms with Gasteiger partial charge in [-0.15, -0.1) is 0 Å². The van der Waals surface area contributed by atoms with Crippen molar-refractivity contribution in [2.75, 3.05) is 12.4 Å². The first-order chi connectivity index (χ1) is 13.6. The number of hydrogen-bond acceptors (Lipinski definition) is 4. The van der Waals surface area contributed by atoms with Gasteiger partial charge in [0.1, 0.15) is 5.75 Å². The highest BCUT2D eigenvalue weighted by Gasteiger charge is 2.20. The summed E-state index contributed by atoms with van der Waals surface area (Å²) in [5.41, 5.74) is 4.23. The molecule has 0 aliphatic heterocycles. The zero-order valence-corrected chi connectivity index (χ0v) is 15.9. The van der Waals surface area contributed by atoms with E-state index in [1.54, 1.807) is 11.8 Å². The molecule has 0 saturated carbocycles. The van der Waals surface area contributed by atoms with E-state index in [2.05, 4.69) is 10.4 Å². The molecule has 140 valence electrons. The molecule has 2 aromatic carbocycles. The molecule has 4 aromatic rings. The number of benzene rings is 2. The van der Waals surface area contributed by atoms with Crippen LogP contribution < -0.4 is 10.1 Å². The summed E-state index contributed by atoms with van der Waals surface area (Å²) >= 11 is 0. The molecule has 6 nitrogen and oxygen atoms in total. The van der Waals surface area contributed by atoms with Crippen molar-refractivity contribution in [3.05, 3.63) is 71.9 Å². The van der Waals surface area contributed by atoms with Crippen molar-refractivity contribution < 1.29 is 9.53 Å². The highest BCUT2D eigenvalue weighted by atomic mass is 16.5. The highest BCUT2D eigenvalue weighted by molar-refractivity contribution is 6.13. The minimum Gasteiger partial charge on any atom is -0.495 e. The minimum atomic E-state index is -0.231. The fourth-order valence-electron chi connectivity index (χ4n) is 3.32. The molecule has 0 unspecified atom stereocenters. The van der Waals surface area contributed by atoms with Crippen LogP contribution in [-0.4, -0.2) is 27.8 Å². The summed E-state index contributed by atoms with van der Waals surface area (Å²) in [4.78, 5) is 18.0. The number of fused-ring (bicyclic) bond motifs is 1. The fourth-order valence-corrected chi connectivity index (χ4v) is 3.32. The second-order valence-corrected chi connectivity index (χ2v) is 6.48. The number of anilines is 1. The van der Waals surface area contributed by atoms with E-state index in [0.29, 0.717) is 22.6 Å². The highest BCUT2D eigenvalue weighted by Crippen LogP contribution is 2.29. The van der Waals surface area contributed by atoms with E-state index in [1.807, 2.05) is 74.6 Å². The van der Waals surface area contributed by atoms with Crippen molar-refractivity contribution in [2.45, 2.75) is 6.92 Å². The third kappa shape index (κ3) is 3.09. The molecule has 0 atom stereocenters. The minimum absolute atomic E-state index is 0.231. The Balaban J connectivity index is 1.86. The lowest BCUT2D eigenvalue weighted by molar-refractivity contribution is 0.102. The smallest absolute Gasteiger partial charge is 0.256 e. The molecule has 0 saturated heterocycles. The van der Waals surface area contributed by atoms with Gasteiger partial charge in [-0.05, 0) is 25.1 Å². The number of amides is 1. The normalized spacial score (nSPS) is 10.8. The summed E-state index contributed by atoms with van der Waals surface area (Å²) in [5, 5.41) is 8.16. The van der Waals surface area contributed by atoms with Crippen molar-refractivity contribution >= 4 is 22.6 Å². The van der Waals surface area contributed by atoms with Crippen LogP contribution in [0.3, 0.4) is 0 Å². The van der Waals surface area contributed by atoms with Crippen LogP contribution in [0.4, 0.5) is 5.69 Å². The molecule has 4 rings (SSSR count). The first kappa shape index (κ1) is 17.7. The number of aromatic nitrogens is 3. The Hall–Kier alpha value is -3.67. The number of aryl methyl sites for hydroxylation is 2. The topological polar surface area (TPSA) is 69.0 Å². The molecule has 0 spiro atoms. The van der Waals surface area contributed by atoms with E-state index in [-0.39, 0.29) is 5.91 Å². The van der Waals surface area contributed by atoms with Crippen LogP contribution in [0.1, 0.15) is 16.1 Å². The molecule has 1 N–H and O–H groups in total. The van der Waals surface area contributed by atoms with Gasteiger partial charge in [-0.3, -0.25) is 9.48 Å². The SMILES string of the molecule is COc1ccccc1NC(=O)c1cc(-c2ccccc2)nc2c1c(C)nn2C. The molecule has 0 fully saturated rings. The molecule has 1 amide bonds. The monoisotopic (exact) mass is 372 g/mol. The average molecular weight is 372 g/mol. The van der Waals surface area contributed by atoms with Crippen LogP contribution in [0, 0.1) is 6.92 Å². The maximum atomic E-state index is 13.2. The molecule has 0 aliphatic rings. The predicted molar refractivity (Wildman–Crippen MR) is 110 cm³/mol. The van der Waals surface area contributed by atoms with E-state index in [4.69, 9.17) is 9.72 Å². The van der Waals surface area contributed by atoms with Gasteiger partial charge in [-0.1, -0.05) is 42.5 Å². The molecule has 2 aromatic heterocycles. The number of para-hydroxylation sites is 2. The number of nitrogens with one attached hydrogen (secondary N) is 1.